The molecule has 1 aromatic rings. The lowest BCUT2D eigenvalue weighted by Gasteiger charge is -2.34. The summed E-state index contributed by atoms with van der Waals surface area (Å²) >= 11 is 0. The number of hydrogen-bond acceptors (Lipinski definition) is 4. The third kappa shape index (κ3) is 3.47. The summed E-state index contributed by atoms with van der Waals surface area (Å²) in [4.78, 5) is 13.8. The van der Waals surface area contributed by atoms with E-state index >= 15 is 0 Å². The van der Waals surface area contributed by atoms with Gasteiger partial charge in [0.15, 0.2) is 0 Å². The van der Waals surface area contributed by atoms with Gasteiger partial charge < -0.3 is 25.8 Å². The van der Waals surface area contributed by atoms with Crippen LogP contribution in [0, 0.1) is 0 Å². The van der Waals surface area contributed by atoms with Gasteiger partial charge in [0.1, 0.15) is 0 Å². The lowest BCUT2D eigenvalue weighted by Crippen LogP contribution is -2.52. The Kier molecular flexibility index (Phi) is 4.94. The molecule has 1 fully saturated rings. The first-order chi connectivity index (χ1) is 9.61. The normalized spacial score (nSPS) is 20.6. The standard InChI is InChI=1S/C14H21N3O3/c1-10(15)11-2-4-12(5-3-11)16-14(19)17-6-7-20-9-13(17)8-18/h2-5,10,13,18H,6-9,15H2,1H3,(H,16,19). The molecular weight excluding hydrogens is 258 g/mol. The van der Waals surface area contributed by atoms with E-state index in [4.69, 9.17) is 10.5 Å². The van der Waals surface area contributed by atoms with Crippen LogP contribution >= 0.6 is 0 Å². The minimum absolute atomic E-state index is 0.0298. The number of rotatable bonds is 3. The molecule has 1 aliphatic heterocycles. The summed E-state index contributed by atoms with van der Waals surface area (Å²) in [5, 5.41) is 12.1. The van der Waals surface area contributed by atoms with E-state index in [9.17, 15) is 9.90 Å². The molecule has 6 heteroatoms. The number of urea groups is 1. The minimum Gasteiger partial charge on any atom is -0.394 e. The number of ether oxygens (including phenoxy) is 1. The Balaban J connectivity index is 1.99. The predicted octanol–water partition coefficient (Wildman–Crippen LogP) is 0.931. The minimum atomic E-state index is -0.285. The number of hydrogen-bond donors (Lipinski definition) is 3. The molecule has 2 rings (SSSR count). The van der Waals surface area contributed by atoms with E-state index in [1.165, 1.54) is 0 Å². The van der Waals surface area contributed by atoms with Crippen molar-refractivity contribution in [2.75, 3.05) is 31.7 Å². The van der Waals surface area contributed by atoms with Crippen molar-refractivity contribution in [3.63, 3.8) is 0 Å². The van der Waals surface area contributed by atoms with E-state index in [-0.39, 0.29) is 24.7 Å². The van der Waals surface area contributed by atoms with Gasteiger partial charge in [-0.25, -0.2) is 4.79 Å². The summed E-state index contributed by atoms with van der Waals surface area (Å²) < 4.78 is 5.25. The smallest absolute Gasteiger partial charge is 0.322 e. The maximum atomic E-state index is 12.2. The van der Waals surface area contributed by atoms with Crippen molar-refractivity contribution in [1.29, 1.82) is 0 Å². The molecule has 0 radical (unpaired) electrons. The summed E-state index contributed by atoms with van der Waals surface area (Å²) in [7, 11) is 0. The summed E-state index contributed by atoms with van der Waals surface area (Å²) in [6.45, 7) is 3.15. The van der Waals surface area contributed by atoms with Crippen LogP contribution in [0.3, 0.4) is 0 Å². The van der Waals surface area contributed by atoms with Crippen LogP contribution < -0.4 is 11.1 Å². The molecule has 1 aliphatic rings. The van der Waals surface area contributed by atoms with Crippen LogP contribution in [-0.2, 0) is 4.74 Å². The van der Waals surface area contributed by atoms with Crippen LogP contribution in [0.5, 0.6) is 0 Å². The van der Waals surface area contributed by atoms with E-state index in [1.807, 2.05) is 31.2 Å². The monoisotopic (exact) mass is 279 g/mol. The van der Waals surface area contributed by atoms with Crippen molar-refractivity contribution >= 4 is 11.7 Å². The number of nitrogens with zero attached hydrogens (tertiary/aromatic N) is 1. The Bertz CT molecular complexity index is 447. The zero-order valence-corrected chi connectivity index (χ0v) is 11.6. The molecule has 2 amide bonds. The van der Waals surface area contributed by atoms with E-state index in [2.05, 4.69) is 5.32 Å². The van der Waals surface area contributed by atoms with Gasteiger partial charge in [0, 0.05) is 18.3 Å². The van der Waals surface area contributed by atoms with Gasteiger partial charge >= 0.3 is 6.03 Å². The highest BCUT2D eigenvalue weighted by atomic mass is 16.5. The predicted molar refractivity (Wildman–Crippen MR) is 76.5 cm³/mol. The van der Waals surface area contributed by atoms with Crippen LogP contribution in [0.15, 0.2) is 24.3 Å². The molecule has 0 bridgehead atoms. The number of carbonyl (C=O) groups excluding carboxylic acids is 1. The van der Waals surface area contributed by atoms with Crippen molar-refractivity contribution in [2.45, 2.75) is 19.0 Å². The second-order valence-electron chi connectivity index (χ2n) is 4.95. The second-order valence-corrected chi connectivity index (χ2v) is 4.95. The van der Waals surface area contributed by atoms with E-state index in [1.54, 1.807) is 4.90 Å². The highest BCUT2D eigenvalue weighted by molar-refractivity contribution is 5.89. The molecule has 0 aromatic heterocycles. The first kappa shape index (κ1) is 14.8. The number of amides is 2. The fourth-order valence-electron chi connectivity index (χ4n) is 2.14. The van der Waals surface area contributed by atoms with E-state index in [0.29, 0.717) is 25.4 Å². The van der Waals surface area contributed by atoms with Crippen LogP contribution in [0.2, 0.25) is 0 Å². The molecule has 0 spiro atoms. The highest BCUT2D eigenvalue weighted by Crippen LogP contribution is 2.16. The summed E-state index contributed by atoms with van der Waals surface area (Å²) in [5.41, 5.74) is 7.51. The maximum absolute atomic E-state index is 12.2. The van der Waals surface area contributed by atoms with Crippen LogP contribution in [0.25, 0.3) is 0 Å². The highest BCUT2D eigenvalue weighted by Gasteiger charge is 2.26. The van der Waals surface area contributed by atoms with Crippen molar-refractivity contribution in [3.05, 3.63) is 29.8 Å². The Morgan fingerprint density at radius 2 is 2.25 bits per heavy atom. The topological polar surface area (TPSA) is 87.8 Å². The Morgan fingerprint density at radius 3 is 2.85 bits per heavy atom. The van der Waals surface area contributed by atoms with Gasteiger partial charge in [-0.15, -0.1) is 0 Å². The lowest BCUT2D eigenvalue weighted by atomic mass is 10.1. The van der Waals surface area contributed by atoms with Crippen molar-refractivity contribution in [2.24, 2.45) is 5.73 Å². The van der Waals surface area contributed by atoms with Gasteiger partial charge in [-0.1, -0.05) is 12.1 Å². The third-order valence-electron chi connectivity index (χ3n) is 3.39. The fraction of sp³-hybridized carbons (Fsp3) is 0.500. The fourth-order valence-corrected chi connectivity index (χ4v) is 2.14. The Labute approximate surface area is 118 Å². The van der Waals surface area contributed by atoms with Crippen molar-refractivity contribution in [3.8, 4) is 0 Å². The first-order valence-corrected chi connectivity index (χ1v) is 6.73. The molecule has 1 aromatic carbocycles. The molecule has 2 atom stereocenters. The van der Waals surface area contributed by atoms with Gasteiger partial charge in [-0.05, 0) is 24.6 Å². The number of nitrogens with two attached hydrogens (primary N) is 1. The summed E-state index contributed by atoms with van der Waals surface area (Å²) in [5.74, 6) is 0. The quantitative estimate of drug-likeness (QED) is 0.768. The number of aliphatic hydroxyl groups excluding tert-OH is 1. The molecule has 1 heterocycles. The molecule has 20 heavy (non-hydrogen) atoms. The molecule has 2 unspecified atom stereocenters. The number of anilines is 1. The Hall–Kier alpha value is -1.63. The van der Waals surface area contributed by atoms with Crippen molar-refractivity contribution in [1.82, 2.24) is 4.90 Å². The lowest BCUT2D eigenvalue weighted by molar-refractivity contribution is -0.00485. The summed E-state index contributed by atoms with van der Waals surface area (Å²) in [6.07, 6.45) is 0. The molecule has 1 saturated heterocycles. The van der Waals surface area contributed by atoms with Crippen molar-refractivity contribution < 1.29 is 14.6 Å². The SMILES string of the molecule is CC(N)c1ccc(NC(=O)N2CCOCC2CO)cc1. The molecule has 6 nitrogen and oxygen atoms in total. The number of carbonyl (C=O) groups is 1. The van der Waals surface area contributed by atoms with E-state index < -0.39 is 0 Å². The number of nitrogens with one attached hydrogen (secondary N) is 1. The van der Waals surface area contributed by atoms with Crippen LogP contribution in [-0.4, -0.2) is 48.4 Å². The average Bonchev–Trinajstić information content (AvgIpc) is 2.47. The van der Waals surface area contributed by atoms with Gasteiger partial charge in [0.05, 0.1) is 25.9 Å². The largest absolute Gasteiger partial charge is 0.394 e. The van der Waals surface area contributed by atoms with Crippen LogP contribution in [0.4, 0.5) is 10.5 Å². The average molecular weight is 279 g/mol. The molecule has 4 N–H and O–H groups in total. The maximum Gasteiger partial charge on any atom is 0.322 e. The van der Waals surface area contributed by atoms with Crippen LogP contribution in [0.1, 0.15) is 18.5 Å². The number of aliphatic hydroxyl groups is 1. The second kappa shape index (κ2) is 6.69. The van der Waals surface area contributed by atoms with Gasteiger partial charge in [-0.3, -0.25) is 0 Å². The first-order valence-electron chi connectivity index (χ1n) is 6.73. The molecule has 0 saturated carbocycles. The Morgan fingerprint density at radius 1 is 1.55 bits per heavy atom. The molecule has 110 valence electrons. The zero-order valence-electron chi connectivity index (χ0n) is 11.6. The van der Waals surface area contributed by atoms with E-state index in [0.717, 1.165) is 5.56 Å². The number of benzene rings is 1. The summed E-state index contributed by atoms with van der Waals surface area (Å²) in [6, 6.07) is 6.90. The third-order valence-corrected chi connectivity index (χ3v) is 3.39. The molecular formula is C14H21N3O3. The van der Waals surface area contributed by atoms with Gasteiger partial charge in [-0.2, -0.15) is 0 Å². The van der Waals surface area contributed by atoms with Gasteiger partial charge in [0.25, 0.3) is 0 Å². The number of morpholine rings is 1. The van der Waals surface area contributed by atoms with Gasteiger partial charge in [0.2, 0.25) is 0 Å². The molecule has 0 aliphatic carbocycles. The zero-order chi connectivity index (χ0) is 14.5.